The van der Waals surface area contributed by atoms with E-state index in [9.17, 15) is 13.2 Å². The van der Waals surface area contributed by atoms with Gasteiger partial charge in [-0.05, 0) is 38.4 Å². The van der Waals surface area contributed by atoms with Gasteiger partial charge in [-0.3, -0.25) is 4.90 Å². The standard InChI is InChI=1S/C14H16F3N3O2/c1-20(2)11(12-4-3-7-21-12)9-19-13-6-5-10(8-18-13)22-14(15,16)17/h3-8,11H,9H2,1-2H3,(H,18,19). The monoisotopic (exact) mass is 315 g/mol. The fourth-order valence-electron chi connectivity index (χ4n) is 1.90. The van der Waals surface area contributed by atoms with Crippen LogP contribution < -0.4 is 10.1 Å². The first kappa shape index (κ1) is 16.2. The molecule has 0 fully saturated rings. The van der Waals surface area contributed by atoms with Crippen LogP contribution in [-0.2, 0) is 0 Å². The Morgan fingerprint density at radius 3 is 2.59 bits per heavy atom. The highest BCUT2D eigenvalue weighted by Crippen LogP contribution is 2.23. The average molecular weight is 315 g/mol. The van der Waals surface area contributed by atoms with Crippen molar-refractivity contribution in [1.29, 1.82) is 0 Å². The molecule has 2 aromatic rings. The molecule has 2 rings (SSSR count). The minimum absolute atomic E-state index is 0.0251. The molecule has 0 aromatic carbocycles. The van der Waals surface area contributed by atoms with Crippen molar-refractivity contribution in [2.24, 2.45) is 0 Å². The van der Waals surface area contributed by atoms with Crippen LogP contribution in [-0.4, -0.2) is 36.9 Å². The molecule has 22 heavy (non-hydrogen) atoms. The molecule has 1 unspecified atom stereocenters. The largest absolute Gasteiger partial charge is 0.573 e. The number of rotatable bonds is 6. The summed E-state index contributed by atoms with van der Waals surface area (Å²) in [5.41, 5.74) is 0. The second-order valence-corrected chi connectivity index (χ2v) is 4.80. The summed E-state index contributed by atoms with van der Waals surface area (Å²) in [6, 6.07) is 6.27. The van der Waals surface area contributed by atoms with Gasteiger partial charge >= 0.3 is 6.36 Å². The summed E-state index contributed by atoms with van der Waals surface area (Å²) in [5, 5.41) is 3.05. The summed E-state index contributed by atoms with van der Waals surface area (Å²) in [5.74, 6) is 0.885. The number of furan rings is 1. The minimum Gasteiger partial charge on any atom is -0.468 e. The molecular formula is C14H16F3N3O2. The van der Waals surface area contributed by atoms with E-state index in [0.717, 1.165) is 12.0 Å². The van der Waals surface area contributed by atoms with Crippen molar-refractivity contribution >= 4 is 5.82 Å². The molecule has 0 aliphatic carbocycles. The van der Waals surface area contributed by atoms with Crippen LogP contribution in [0.25, 0.3) is 0 Å². The van der Waals surface area contributed by atoms with E-state index in [1.807, 2.05) is 25.1 Å². The summed E-state index contributed by atoms with van der Waals surface area (Å²) in [4.78, 5) is 5.86. The average Bonchev–Trinajstić information content (AvgIpc) is 2.92. The maximum absolute atomic E-state index is 12.1. The molecular weight excluding hydrogens is 299 g/mol. The van der Waals surface area contributed by atoms with E-state index in [4.69, 9.17) is 4.42 Å². The summed E-state index contributed by atoms with van der Waals surface area (Å²) in [7, 11) is 3.81. The number of nitrogens with zero attached hydrogens (tertiary/aromatic N) is 2. The van der Waals surface area contributed by atoms with Crippen molar-refractivity contribution in [2.45, 2.75) is 12.4 Å². The van der Waals surface area contributed by atoms with Gasteiger partial charge in [0.2, 0.25) is 0 Å². The zero-order valence-corrected chi connectivity index (χ0v) is 12.1. The quantitative estimate of drug-likeness (QED) is 0.886. The molecule has 0 amide bonds. The molecule has 0 radical (unpaired) electrons. The van der Waals surface area contributed by atoms with Gasteiger partial charge in [-0.1, -0.05) is 0 Å². The third-order valence-corrected chi connectivity index (χ3v) is 2.94. The predicted molar refractivity (Wildman–Crippen MR) is 74.5 cm³/mol. The Kier molecular flexibility index (Phi) is 4.92. The van der Waals surface area contributed by atoms with E-state index in [0.29, 0.717) is 12.4 Å². The maximum Gasteiger partial charge on any atom is 0.573 e. The van der Waals surface area contributed by atoms with E-state index in [1.165, 1.54) is 12.1 Å². The van der Waals surface area contributed by atoms with Crippen LogP contribution in [0.15, 0.2) is 41.1 Å². The molecule has 2 heterocycles. The van der Waals surface area contributed by atoms with E-state index < -0.39 is 6.36 Å². The highest BCUT2D eigenvalue weighted by atomic mass is 19.4. The lowest BCUT2D eigenvalue weighted by atomic mass is 10.2. The summed E-state index contributed by atoms with van der Waals surface area (Å²) in [6.45, 7) is 0.493. The molecule has 0 saturated carbocycles. The zero-order valence-electron chi connectivity index (χ0n) is 12.1. The number of nitrogens with one attached hydrogen (secondary N) is 1. The first-order valence-electron chi connectivity index (χ1n) is 6.50. The lowest BCUT2D eigenvalue weighted by Crippen LogP contribution is -2.26. The Morgan fingerprint density at radius 1 is 1.32 bits per heavy atom. The van der Waals surface area contributed by atoms with Gasteiger partial charge < -0.3 is 14.5 Å². The van der Waals surface area contributed by atoms with Gasteiger partial charge in [-0.25, -0.2) is 4.98 Å². The van der Waals surface area contributed by atoms with Crippen molar-refractivity contribution in [3.8, 4) is 5.75 Å². The lowest BCUT2D eigenvalue weighted by molar-refractivity contribution is -0.274. The number of aromatic nitrogens is 1. The molecule has 8 heteroatoms. The third-order valence-electron chi connectivity index (χ3n) is 2.94. The van der Waals surface area contributed by atoms with Crippen molar-refractivity contribution in [1.82, 2.24) is 9.88 Å². The molecule has 0 spiro atoms. The fourth-order valence-corrected chi connectivity index (χ4v) is 1.90. The molecule has 0 aliphatic heterocycles. The van der Waals surface area contributed by atoms with Gasteiger partial charge in [0.25, 0.3) is 0 Å². The van der Waals surface area contributed by atoms with Crippen molar-refractivity contribution in [3.05, 3.63) is 42.5 Å². The van der Waals surface area contributed by atoms with Crippen LogP contribution in [0.3, 0.4) is 0 Å². The van der Waals surface area contributed by atoms with Crippen LogP contribution in [0.2, 0.25) is 0 Å². The Labute approximate surface area is 125 Å². The Morgan fingerprint density at radius 2 is 2.09 bits per heavy atom. The molecule has 2 aromatic heterocycles. The highest BCUT2D eigenvalue weighted by molar-refractivity contribution is 5.37. The first-order valence-corrected chi connectivity index (χ1v) is 6.50. The lowest BCUT2D eigenvalue weighted by Gasteiger charge is -2.22. The van der Waals surface area contributed by atoms with Gasteiger partial charge in [0.05, 0.1) is 18.5 Å². The van der Waals surface area contributed by atoms with Gasteiger partial charge in [-0.2, -0.15) is 0 Å². The van der Waals surface area contributed by atoms with E-state index >= 15 is 0 Å². The molecule has 120 valence electrons. The van der Waals surface area contributed by atoms with Gasteiger partial charge in [0.15, 0.2) is 0 Å². The SMILES string of the molecule is CN(C)C(CNc1ccc(OC(F)(F)F)cn1)c1ccco1. The number of ether oxygens (including phenoxy) is 1. The smallest absolute Gasteiger partial charge is 0.468 e. The highest BCUT2D eigenvalue weighted by Gasteiger charge is 2.31. The second kappa shape index (κ2) is 6.69. The molecule has 1 N–H and O–H groups in total. The van der Waals surface area contributed by atoms with Gasteiger partial charge in [0.1, 0.15) is 17.3 Å². The summed E-state index contributed by atoms with van der Waals surface area (Å²) in [6.07, 6.45) is -2.10. The van der Waals surface area contributed by atoms with Crippen molar-refractivity contribution < 1.29 is 22.3 Å². The topological polar surface area (TPSA) is 50.5 Å². The number of anilines is 1. The summed E-state index contributed by atoms with van der Waals surface area (Å²) >= 11 is 0. The third kappa shape index (κ3) is 4.66. The van der Waals surface area contributed by atoms with Gasteiger partial charge in [-0.15, -0.1) is 13.2 Å². The van der Waals surface area contributed by atoms with Crippen molar-refractivity contribution in [3.63, 3.8) is 0 Å². The molecule has 0 saturated heterocycles. The first-order chi connectivity index (χ1) is 10.3. The fraction of sp³-hybridized carbons (Fsp3) is 0.357. The Hall–Kier alpha value is -2.22. The molecule has 0 bridgehead atoms. The van der Waals surface area contributed by atoms with Crippen LogP contribution in [0.5, 0.6) is 5.75 Å². The zero-order chi connectivity index (χ0) is 16.2. The van der Waals surface area contributed by atoms with Crippen LogP contribution in [0, 0.1) is 0 Å². The van der Waals surface area contributed by atoms with Gasteiger partial charge in [0, 0.05) is 6.54 Å². The van der Waals surface area contributed by atoms with E-state index in [1.54, 1.807) is 12.3 Å². The van der Waals surface area contributed by atoms with Crippen molar-refractivity contribution in [2.75, 3.05) is 26.0 Å². The number of halogens is 3. The normalized spacial score (nSPS) is 13.2. The van der Waals surface area contributed by atoms with Crippen LogP contribution >= 0.6 is 0 Å². The minimum atomic E-state index is -4.72. The Balaban J connectivity index is 1.96. The number of pyridine rings is 1. The molecule has 0 aliphatic rings. The Bertz CT molecular complexity index is 568. The van der Waals surface area contributed by atoms with E-state index in [-0.39, 0.29) is 11.8 Å². The van der Waals surface area contributed by atoms with Crippen LogP contribution in [0.4, 0.5) is 19.0 Å². The number of hydrogen-bond acceptors (Lipinski definition) is 5. The van der Waals surface area contributed by atoms with Crippen LogP contribution in [0.1, 0.15) is 11.8 Å². The second-order valence-electron chi connectivity index (χ2n) is 4.80. The number of alkyl halides is 3. The molecule has 5 nitrogen and oxygen atoms in total. The maximum atomic E-state index is 12.1. The van der Waals surface area contributed by atoms with E-state index in [2.05, 4.69) is 15.0 Å². The molecule has 1 atom stereocenters. The summed E-state index contributed by atoms with van der Waals surface area (Å²) < 4.78 is 45.3. The number of likely N-dealkylation sites (N-methyl/N-ethyl adjacent to an activating group) is 1. The number of hydrogen-bond donors (Lipinski definition) is 1. The predicted octanol–water partition coefficient (Wildman–Crippen LogP) is 3.29.